The van der Waals surface area contributed by atoms with Crippen LogP contribution in [0.1, 0.15) is 141 Å². The summed E-state index contributed by atoms with van der Waals surface area (Å²) in [6.07, 6.45) is 11.7. The topological polar surface area (TPSA) is 40.2 Å². The number of rotatable bonds is 0. The van der Waals surface area contributed by atoms with Gasteiger partial charge in [-0.1, -0.05) is 93.9 Å². The molecular formula is C27H55Cl2Li2N3Zn. The first-order valence-corrected chi connectivity index (χ1v) is 16.7. The van der Waals surface area contributed by atoms with Crippen molar-refractivity contribution in [2.45, 2.75) is 174 Å². The van der Waals surface area contributed by atoms with E-state index in [2.05, 4.69) is 88.4 Å². The van der Waals surface area contributed by atoms with Crippen LogP contribution in [0.25, 0.3) is 10.6 Å². The maximum atomic E-state index is 4.76. The van der Waals surface area contributed by atoms with Gasteiger partial charge in [-0.05, 0) is 47.0 Å². The zero-order valence-electron chi connectivity index (χ0n) is 26.2. The maximum absolute atomic E-state index is 4.76. The van der Waals surface area contributed by atoms with E-state index in [0.29, 0.717) is 11.1 Å². The molecule has 3 heterocycles. The SMILES string of the molecule is CC1(C)CCCC(C)(C)N1.CC1(C)CCCC(C)(C)[N-]1.CC1(C)CCCC(C)(C)[N-]1.[Cl-].[Cl][Zn+].[Li+].[Li+]. The number of hydrogen-bond donors (Lipinski definition) is 1. The van der Waals surface area contributed by atoms with Crippen molar-refractivity contribution in [2.24, 2.45) is 0 Å². The van der Waals surface area contributed by atoms with Gasteiger partial charge in [0, 0.05) is 11.1 Å². The zero-order valence-corrected chi connectivity index (χ0v) is 30.7. The second-order valence-corrected chi connectivity index (χ2v) is 13.9. The molecule has 3 fully saturated rings. The van der Waals surface area contributed by atoms with Crippen molar-refractivity contribution in [1.29, 1.82) is 0 Å². The number of hydrogen-bond acceptors (Lipinski definition) is 1. The minimum Gasteiger partial charge on any atom is 1.00 e. The molecule has 0 radical (unpaired) electrons. The molecule has 3 aliphatic heterocycles. The summed E-state index contributed by atoms with van der Waals surface area (Å²) in [6.45, 7) is 27.0. The molecule has 0 aromatic rings. The first kappa shape index (κ1) is 44.3. The van der Waals surface area contributed by atoms with Crippen molar-refractivity contribution in [2.75, 3.05) is 0 Å². The Labute approximate surface area is 265 Å². The number of nitrogens with one attached hydrogen (secondary N) is 1. The van der Waals surface area contributed by atoms with Crippen molar-refractivity contribution < 1.29 is 67.4 Å². The first-order chi connectivity index (χ1) is 14.2. The fraction of sp³-hybridized carbons (Fsp3) is 1.00. The van der Waals surface area contributed by atoms with Crippen LogP contribution in [0.2, 0.25) is 0 Å². The zero-order chi connectivity index (χ0) is 25.5. The normalized spacial score (nSPS) is 25.9. The van der Waals surface area contributed by atoms with Gasteiger partial charge >= 0.3 is 64.7 Å². The van der Waals surface area contributed by atoms with E-state index in [1.54, 1.807) is 0 Å². The van der Waals surface area contributed by atoms with Gasteiger partial charge in [-0.15, -0.1) is 22.2 Å². The Bertz CT molecular complexity index is 436. The van der Waals surface area contributed by atoms with Gasteiger partial charge in [0.2, 0.25) is 0 Å². The molecule has 0 unspecified atom stereocenters. The third-order valence-electron chi connectivity index (χ3n) is 6.65. The Hall–Kier alpha value is 2.28. The summed E-state index contributed by atoms with van der Waals surface area (Å²) in [7, 11) is 4.76. The van der Waals surface area contributed by atoms with Crippen LogP contribution in [0.3, 0.4) is 0 Å². The molecule has 0 saturated carbocycles. The first-order valence-electron chi connectivity index (χ1n) is 12.8. The Balaban J connectivity index is -0.000000191. The minimum absolute atomic E-state index is 0. The molecule has 196 valence electrons. The molecule has 0 aromatic heterocycles. The van der Waals surface area contributed by atoms with Gasteiger partial charge < -0.3 is 28.4 Å². The van der Waals surface area contributed by atoms with Crippen molar-refractivity contribution in [3.8, 4) is 0 Å². The van der Waals surface area contributed by atoms with E-state index in [0.717, 1.165) is 17.3 Å². The van der Waals surface area contributed by atoms with Crippen LogP contribution in [-0.2, 0) is 17.3 Å². The number of nitrogens with zero attached hydrogens (tertiary/aromatic N) is 2. The molecular weight excluding hydrogens is 516 g/mol. The molecule has 3 aliphatic rings. The standard InChI is InChI=1S/C9H19N.2C9H18N.2ClH.2Li.Zn/c3*1-8(2)6-5-7-9(3,4)10-8;;;;;/h10H,5-7H2,1-4H3;2*5-7H2,1-4H3;2*1H;;;/q;2*-1;;;2*+1;+2/p-2. The summed E-state index contributed by atoms with van der Waals surface area (Å²) in [5.41, 5.74) is 1.68. The van der Waals surface area contributed by atoms with Crippen LogP contribution in [0.5, 0.6) is 0 Å². The molecule has 3 saturated heterocycles. The van der Waals surface area contributed by atoms with E-state index in [1.807, 2.05) is 0 Å². The molecule has 0 bridgehead atoms. The molecule has 0 spiro atoms. The Morgan fingerprint density at radius 3 is 0.800 bits per heavy atom. The van der Waals surface area contributed by atoms with E-state index in [9.17, 15) is 0 Å². The molecule has 0 atom stereocenters. The van der Waals surface area contributed by atoms with Gasteiger partial charge in [-0.25, -0.2) is 0 Å². The van der Waals surface area contributed by atoms with Gasteiger partial charge in [0.05, 0.1) is 0 Å². The molecule has 8 heteroatoms. The molecule has 1 N–H and O–H groups in total. The predicted molar refractivity (Wildman–Crippen MR) is 142 cm³/mol. The van der Waals surface area contributed by atoms with Gasteiger partial charge in [0.25, 0.3) is 0 Å². The third kappa shape index (κ3) is 21.7. The maximum Gasteiger partial charge on any atom is 1.00 e. The Morgan fingerprint density at radius 2 is 0.686 bits per heavy atom. The molecule has 0 aromatic carbocycles. The second-order valence-electron chi connectivity index (χ2n) is 13.9. The summed E-state index contributed by atoms with van der Waals surface area (Å²) in [6, 6.07) is 0. The second kappa shape index (κ2) is 17.9. The van der Waals surface area contributed by atoms with Gasteiger partial charge in [0.15, 0.2) is 0 Å². The van der Waals surface area contributed by atoms with Gasteiger partial charge in [-0.3, -0.25) is 0 Å². The van der Waals surface area contributed by atoms with Crippen LogP contribution in [-0.4, -0.2) is 33.2 Å². The van der Waals surface area contributed by atoms with Crippen LogP contribution in [0.4, 0.5) is 0 Å². The minimum atomic E-state index is 0. The van der Waals surface area contributed by atoms with Crippen molar-refractivity contribution in [3.05, 3.63) is 10.6 Å². The number of piperidine rings is 3. The average molecular weight is 572 g/mol. The van der Waals surface area contributed by atoms with Crippen molar-refractivity contribution in [1.82, 2.24) is 5.32 Å². The van der Waals surface area contributed by atoms with E-state index < -0.39 is 0 Å². The average Bonchev–Trinajstić information content (AvgIpc) is 2.51. The quantitative estimate of drug-likeness (QED) is 0.416. The fourth-order valence-corrected chi connectivity index (χ4v) is 5.78. The van der Waals surface area contributed by atoms with E-state index in [-0.39, 0.29) is 72.3 Å². The summed E-state index contributed by atoms with van der Waals surface area (Å²) in [5.74, 6) is 0. The fourth-order valence-electron chi connectivity index (χ4n) is 5.78. The van der Waals surface area contributed by atoms with Gasteiger partial charge in [0.1, 0.15) is 0 Å². The molecule has 35 heavy (non-hydrogen) atoms. The third-order valence-corrected chi connectivity index (χ3v) is 6.65. The van der Waals surface area contributed by atoms with Crippen LogP contribution in [0.15, 0.2) is 0 Å². The van der Waals surface area contributed by atoms with Crippen LogP contribution in [0, 0.1) is 0 Å². The summed E-state index contributed by atoms with van der Waals surface area (Å²) in [5, 5.41) is 13.1. The molecule has 3 nitrogen and oxygen atoms in total. The predicted octanol–water partition coefficient (Wildman–Crippen LogP) is 0.219. The van der Waals surface area contributed by atoms with Crippen molar-refractivity contribution in [3.63, 3.8) is 0 Å². The van der Waals surface area contributed by atoms with Crippen LogP contribution < -0.4 is 55.4 Å². The summed E-state index contributed by atoms with van der Waals surface area (Å²) >= 11 is 0.847. The Kier molecular flexibility index (Phi) is 22.6. The van der Waals surface area contributed by atoms with Crippen molar-refractivity contribution >= 4 is 9.69 Å². The van der Waals surface area contributed by atoms with Gasteiger partial charge in [-0.2, -0.15) is 0 Å². The smallest absolute Gasteiger partial charge is 1.00 e. The molecule has 0 amide bonds. The summed E-state index contributed by atoms with van der Waals surface area (Å²) in [4.78, 5) is 0. The Morgan fingerprint density at radius 1 is 0.486 bits per heavy atom. The van der Waals surface area contributed by atoms with Crippen LogP contribution >= 0.6 is 9.69 Å². The largest absolute Gasteiger partial charge is 1.00 e. The molecule has 3 rings (SSSR count). The van der Waals surface area contributed by atoms with E-state index in [4.69, 9.17) is 20.3 Å². The summed E-state index contributed by atoms with van der Waals surface area (Å²) < 4.78 is 0. The van der Waals surface area contributed by atoms with E-state index in [1.165, 1.54) is 57.8 Å². The number of halogens is 2. The molecule has 0 aliphatic carbocycles. The monoisotopic (exact) mass is 569 g/mol. The van der Waals surface area contributed by atoms with E-state index >= 15 is 0 Å².